The predicted octanol–water partition coefficient (Wildman–Crippen LogP) is 1.99. The summed E-state index contributed by atoms with van der Waals surface area (Å²) in [5, 5.41) is 3.03. The number of likely N-dealkylation sites (N-methyl/N-ethyl adjacent to an activating group) is 1. The Morgan fingerprint density at radius 3 is 2.42 bits per heavy atom. The van der Waals surface area contributed by atoms with Gasteiger partial charge in [-0.05, 0) is 52.2 Å². The zero-order valence-electron chi connectivity index (χ0n) is 13.5. The number of amides is 1. The first kappa shape index (κ1) is 18.4. The first-order valence-corrected chi connectivity index (χ1v) is 7.60. The molecular formula is C15H33N3O. The van der Waals surface area contributed by atoms with Gasteiger partial charge >= 0.3 is 0 Å². The second-order valence-corrected chi connectivity index (χ2v) is 5.81. The molecule has 3 N–H and O–H groups in total. The lowest BCUT2D eigenvalue weighted by Gasteiger charge is -2.27. The molecule has 4 nitrogen and oxygen atoms in total. The molecule has 0 aromatic rings. The lowest BCUT2D eigenvalue weighted by atomic mass is 9.94. The van der Waals surface area contributed by atoms with Crippen molar-refractivity contribution < 1.29 is 4.79 Å². The number of nitrogens with one attached hydrogen (secondary N) is 1. The third kappa shape index (κ3) is 6.92. The van der Waals surface area contributed by atoms with Crippen LogP contribution in [0.5, 0.6) is 0 Å². The molecule has 0 aromatic carbocycles. The van der Waals surface area contributed by atoms with Crippen LogP contribution < -0.4 is 11.1 Å². The number of hydrogen-bond acceptors (Lipinski definition) is 3. The Balaban J connectivity index is 3.97. The molecule has 114 valence electrons. The van der Waals surface area contributed by atoms with Crippen LogP contribution in [-0.4, -0.2) is 43.0 Å². The third-order valence-electron chi connectivity index (χ3n) is 4.21. The van der Waals surface area contributed by atoms with Crippen molar-refractivity contribution >= 4 is 5.91 Å². The summed E-state index contributed by atoms with van der Waals surface area (Å²) in [5.74, 6) is 0.495. The van der Waals surface area contributed by atoms with Crippen LogP contribution in [0.2, 0.25) is 0 Å². The minimum absolute atomic E-state index is 0.262. The van der Waals surface area contributed by atoms with Crippen molar-refractivity contribution in [2.45, 2.75) is 58.9 Å². The standard InChI is InChI=1S/C15H33N3O/c1-6-13(3)12-18(7-2)11-9-8-10-15(4,17-5)14(16)19/h13,17H,6-12H2,1-5H3,(H2,16,19). The van der Waals surface area contributed by atoms with Crippen LogP contribution >= 0.6 is 0 Å². The first-order chi connectivity index (χ1) is 8.89. The van der Waals surface area contributed by atoms with E-state index in [9.17, 15) is 4.79 Å². The second-order valence-electron chi connectivity index (χ2n) is 5.81. The summed E-state index contributed by atoms with van der Waals surface area (Å²) < 4.78 is 0. The summed E-state index contributed by atoms with van der Waals surface area (Å²) in [4.78, 5) is 13.9. The lowest BCUT2D eigenvalue weighted by Crippen LogP contribution is -2.51. The molecule has 0 fully saturated rings. The summed E-state index contributed by atoms with van der Waals surface area (Å²) in [7, 11) is 1.80. The number of rotatable bonds is 11. The van der Waals surface area contributed by atoms with E-state index in [1.807, 2.05) is 6.92 Å². The fourth-order valence-electron chi connectivity index (χ4n) is 2.13. The summed E-state index contributed by atoms with van der Waals surface area (Å²) >= 11 is 0. The predicted molar refractivity (Wildman–Crippen MR) is 82.1 cm³/mol. The topological polar surface area (TPSA) is 58.4 Å². The number of unbranched alkanes of at least 4 members (excludes halogenated alkanes) is 1. The maximum absolute atomic E-state index is 11.4. The van der Waals surface area contributed by atoms with Crippen molar-refractivity contribution in [1.82, 2.24) is 10.2 Å². The number of nitrogens with two attached hydrogens (primary N) is 1. The van der Waals surface area contributed by atoms with E-state index in [0.717, 1.165) is 38.3 Å². The van der Waals surface area contributed by atoms with Crippen LogP contribution in [0.3, 0.4) is 0 Å². The Labute approximate surface area is 119 Å². The minimum atomic E-state index is -0.562. The molecule has 0 aliphatic carbocycles. The Morgan fingerprint density at radius 1 is 1.37 bits per heavy atom. The van der Waals surface area contributed by atoms with E-state index in [1.54, 1.807) is 7.05 Å². The molecule has 19 heavy (non-hydrogen) atoms. The summed E-state index contributed by atoms with van der Waals surface area (Å²) in [6.45, 7) is 12.0. The molecule has 0 heterocycles. The van der Waals surface area contributed by atoms with Gasteiger partial charge in [0, 0.05) is 6.54 Å². The lowest BCUT2D eigenvalue weighted by molar-refractivity contribution is -0.123. The average molecular weight is 271 g/mol. The van der Waals surface area contributed by atoms with Crippen LogP contribution in [0.15, 0.2) is 0 Å². The SMILES string of the molecule is CCC(C)CN(CC)CCCCC(C)(NC)C(N)=O. The van der Waals surface area contributed by atoms with Gasteiger partial charge in [-0.2, -0.15) is 0 Å². The summed E-state index contributed by atoms with van der Waals surface area (Å²) in [5.41, 5.74) is 4.86. The molecule has 4 heteroatoms. The Bertz CT molecular complexity index is 258. The van der Waals surface area contributed by atoms with E-state index in [2.05, 4.69) is 31.0 Å². The van der Waals surface area contributed by atoms with E-state index < -0.39 is 5.54 Å². The van der Waals surface area contributed by atoms with E-state index >= 15 is 0 Å². The van der Waals surface area contributed by atoms with Crippen LogP contribution in [0.1, 0.15) is 53.4 Å². The van der Waals surface area contributed by atoms with Gasteiger partial charge in [-0.25, -0.2) is 0 Å². The molecule has 0 saturated carbocycles. The fourth-order valence-corrected chi connectivity index (χ4v) is 2.13. The molecule has 0 spiro atoms. The third-order valence-corrected chi connectivity index (χ3v) is 4.21. The van der Waals surface area contributed by atoms with Crippen LogP contribution in [0.4, 0.5) is 0 Å². The number of carbonyl (C=O) groups excluding carboxylic acids is 1. The van der Waals surface area contributed by atoms with Crippen molar-refractivity contribution in [1.29, 1.82) is 0 Å². The van der Waals surface area contributed by atoms with E-state index in [-0.39, 0.29) is 5.91 Å². The van der Waals surface area contributed by atoms with Crippen LogP contribution in [0.25, 0.3) is 0 Å². The Kier molecular flexibility index (Phi) is 9.02. The van der Waals surface area contributed by atoms with Crippen molar-refractivity contribution in [3.05, 3.63) is 0 Å². The van der Waals surface area contributed by atoms with Gasteiger partial charge < -0.3 is 16.0 Å². The van der Waals surface area contributed by atoms with Gasteiger partial charge in [-0.3, -0.25) is 4.79 Å². The highest BCUT2D eigenvalue weighted by atomic mass is 16.1. The molecule has 1 amide bonds. The smallest absolute Gasteiger partial charge is 0.237 e. The maximum atomic E-state index is 11.4. The first-order valence-electron chi connectivity index (χ1n) is 7.60. The Hall–Kier alpha value is -0.610. The van der Waals surface area contributed by atoms with Gasteiger partial charge in [0.15, 0.2) is 0 Å². The van der Waals surface area contributed by atoms with Gasteiger partial charge in [0.2, 0.25) is 5.91 Å². The Morgan fingerprint density at radius 2 is 2.00 bits per heavy atom. The van der Waals surface area contributed by atoms with E-state index in [0.29, 0.717) is 0 Å². The normalized spacial score (nSPS) is 16.3. The highest BCUT2D eigenvalue weighted by Gasteiger charge is 2.27. The van der Waals surface area contributed by atoms with Gasteiger partial charge in [0.1, 0.15) is 0 Å². The molecule has 2 atom stereocenters. The van der Waals surface area contributed by atoms with Crippen molar-refractivity contribution in [3.8, 4) is 0 Å². The summed E-state index contributed by atoms with van der Waals surface area (Å²) in [6, 6.07) is 0. The quantitative estimate of drug-likeness (QED) is 0.565. The molecule has 0 radical (unpaired) electrons. The summed E-state index contributed by atoms with van der Waals surface area (Å²) in [6.07, 6.45) is 4.18. The molecule has 0 saturated heterocycles. The molecular weight excluding hydrogens is 238 g/mol. The molecule has 0 aliphatic rings. The number of hydrogen-bond donors (Lipinski definition) is 2. The van der Waals surface area contributed by atoms with E-state index in [4.69, 9.17) is 5.73 Å². The van der Waals surface area contributed by atoms with Crippen LogP contribution in [-0.2, 0) is 4.79 Å². The van der Waals surface area contributed by atoms with Crippen molar-refractivity contribution in [3.63, 3.8) is 0 Å². The van der Waals surface area contributed by atoms with Gasteiger partial charge in [-0.1, -0.05) is 27.2 Å². The minimum Gasteiger partial charge on any atom is -0.368 e. The number of nitrogens with zero attached hydrogens (tertiary/aromatic N) is 1. The van der Waals surface area contributed by atoms with Crippen LogP contribution in [0, 0.1) is 5.92 Å². The average Bonchev–Trinajstić information content (AvgIpc) is 2.41. The van der Waals surface area contributed by atoms with Crippen molar-refractivity contribution in [2.75, 3.05) is 26.7 Å². The largest absolute Gasteiger partial charge is 0.368 e. The molecule has 0 bridgehead atoms. The second kappa shape index (κ2) is 9.32. The number of carbonyl (C=O) groups is 1. The maximum Gasteiger partial charge on any atom is 0.237 e. The highest BCUT2D eigenvalue weighted by molar-refractivity contribution is 5.84. The monoisotopic (exact) mass is 271 g/mol. The van der Waals surface area contributed by atoms with Gasteiger partial charge in [0.05, 0.1) is 5.54 Å². The highest BCUT2D eigenvalue weighted by Crippen LogP contribution is 2.13. The van der Waals surface area contributed by atoms with Gasteiger partial charge in [-0.15, -0.1) is 0 Å². The molecule has 0 aliphatic heterocycles. The zero-order chi connectivity index (χ0) is 14.9. The van der Waals surface area contributed by atoms with Gasteiger partial charge in [0.25, 0.3) is 0 Å². The zero-order valence-corrected chi connectivity index (χ0v) is 13.5. The molecule has 0 aromatic heterocycles. The fraction of sp³-hybridized carbons (Fsp3) is 0.933. The van der Waals surface area contributed by atoms with E-state index in [1.165, 1.54) is 13.0 Å². The number of primary amides is 1. The molecule has 2 unspecified atom stereocenters. The van der Waals surface area contributed by atoms with Crippen molar-refractivity contribution in [2.24, 2.45) is 11.7 Å². The molecule has 0 rings (SSSR count).